The van der Waals surface area contributed by atoms with Crippen molar-refractivity contribution in [1.82, 2.24) is 14.5 Å². The smallest absolute Gasteiger partial charge is 0.286 e. The van der Waals surface area contributed by atoms with Crippen LogP contribution in [0.4, 0.5) is 10.1 Å². The Morgan fingerprint density at radius 1 is 0.895 bits per heavy atom. The van der Waals surface area contributed by atoms with Gasteiger partial charge in [0.15, 0.2) is 17.2 Å². The van der Waals surface area contributed by atoms with E-state index in [4.69, 9.17) is 14.2 Å². The molecule has 3 aromatic carbocycles. The molecule has 0 aliphatic heterocycles. The number of anilines is 1. The maximum atomic E-state index is 15.0. The van der Waals surface area contributed by atoms with Crippen LogP contribution < -0.4 is 25.1 Å². The molecule has 0 unspecified atom stereocenters. The van der Waals surface area contributed by atoms with Crippen LogP contribution in [-0.2, 0) is 0 Å². The molecule has 1 N–H and O–H groups in total. The second-order valence-electron chi connectivity index (χ2n) is 8.02. The van der Waals surface area contributed by atoms with Crippen molar-refractivity contribution in [2.75, 3.05) is 19.5 Å². The Labute approximate surface area is 216 Å². The molecule has 0 bridgehead atoms. The number of carbonyl (C=O) groups excluding carboxylic acids is 1. The van der Waals surface area contributed by atoms with E-state index in [2.05, 4.69) is 15.3 Å². The summed E-state index contributed by atoms with van der Waals surface area (Å²) >= 11 is 0. The van der Waals surface area contributed by atoms with Crippen LogP contribution in [0.5, 0.6) is 23.0 Å². The Bertz CT molecular complexity index is 1710. The van der Waals surface area contributed by atoms with E-state index in [1.54, 1.807) is 48.7 Å². The summed E-state index contributed by atoms with van der Waals surface area (Å²) in [4.78, 5) is 33.9. The van der Waals surface area contributed by atoms with E-state index in [1.807, 2.05) is 6.07 Å². The lowest BCUT2D eigenvalue weighted by atomic mass is 10.2. The van der Waals surface area contributed by atoms with Crippen LogP contribution in [0, 0.1) is 5.82 Å². The number of aromatic nitrogens is 3. The van der Waals surface area contributed by atoms with Crippen molar-refractivity contribution in [3.05, 3.63) is 107 Å². The van der Waals surface area contributed by atoms with Crippen molar-refractivity contribution in [2.24, 2.45) is 0 Å². The van der Waals surface area contributed by atoms with E-state index in [9.17, 15) is 14.0 Å². The Balaban J connectivity index is 1.39. The summed E-state index contributed by atoms with van der Waals surface area (Å²) in [5.74, 6) is 0.0121. The fourth-order valence-electron chi connectivity index (χ4n) is 3.86. The zero-order valence-electron chi connectivity index (χ0n) is 20.3. The molecule has 0 aliphatic rings. The first-order valence-corrected chi connectivity index (χ1v) is 11.4. The van der Waals surface area contributed by atoms with Gasteiger partial charge in [0.05, 0.1) is 25.4 Å². The summed E-state index contributed by atoms with van der Waals surface area (Å²) < 4.78 is 32.8. The van der Waals surface area contributed by atoms with E-state index in [-0.39, 0.29) is 17.1 Å². The molecule has 0 saturated carbocycles. The average molecular weight is 512 g/mol. The van der Waals surface area contributed by atoms with E-state index < -0.39 is 17.3 Å². The molecule has 2 aromatic heterocycles. The summed E-state index contributed by atoms with van der Waals surface area (Å²) in [5.41, 5.74) is 0.0314. The van der Waals surface area contributed by atoms with Crippen molar-refractivity contribution >= 4 is 22.5 Å². The van der Waals surface area contributed by atoms with Gasteiger partial charge >= 0.3 is 0 Å². The number of halogens is 1. The van der Waals surface area contributed by atoms with Gasteiger partial charge in [-0.15, -0.1) is 0 Å². The van der Waals surface area contributed by atoms with Crippen LogP contribution in [0.25, 0.3) is 16.6 Å². The lowest BCUT2D eigenvalue weighted by Crippen LogP contribution is -2.29. The third kappa shape index (κ3) is 4.74. The van der Waals surface area contributed by atoms with Crippen LogP contribution >= 0.6 is 0 Å². The lowest BCUT2D eigenvalue weighted by Gasteiger charge is -2.13. The number of fused-ring (bicyclic) bond motifs is 1. The number of hydrogen-bond acceptors (Lipinski definition) is 7. The number of ether oxygens (including phenoxy) is 3. The molecule has 38 heavy (non-hydrogen) atoms. The van der Waals surface area contributed by atoms with E-state index in [0.29, 0.717) is 33.8 Å². The molecule has 0 saturated heterocycles. The number of para-hydroxylation sites is 1. The molecule has 0 radical (unpaired) electrons. The van der Waals surface area contributed by atoms with E-state index in [0.717, 1.165) is 6.07 Å². The minimum Gasteiger partial charge on any atom is -0.493 e. The molecule has 0 fully saturated rings. The van der Waals surface area contributed by atoms with Crippen LogP contribution in [0.2, 0.25) is 0 Å². The Hall–Kier alpha value is -5.25. The number of rotatable bonds is 7. The van der Waals surface area contributed by atoms with Crippen LogP contribution in [-0.4, -0.2) is 34.7 Å². The minimum atomic E-state index is -0.839. The van der Waals surface area contributed by atoms with E-state index >= 15 is 0 Å². The van der Waals surface area contributed by atoms with Crippen molar-refractivity contribution in [3.63, 3.8) is 0 Å². The molecule has 0 spiro atoms. The Kier molecular flexibility index (Phi) is 6.68. The number of pyridine rings is 1. The molecular formula is C28H21FN4O5. The molecular weight excluding hydrogens is 491 g/mol. The maximum absolute atomic E-state index is 15.0. The first-order valence-electron chi connectivity index (χ1n) is 11.4. The second-order valence-corrected chi connectivity index (χ2v) is 8.02. The van der Waals surface area contributed by atoms with Crippen molar-refractivity contribution in [3.8, 4) is 28.7 Å². The third-order valence-electron chi connectivity index (χ3n) is 5.71. The van der Waals surface area contributed by atoms with Crippen molar-refractivity contribution in [2.45, 2.75) is 0 Å². The molecule has 190 valence electrons. The highest BCUT2D eigenvalue weighted by molar-refractivity contribution is 6.02. The molecule has 5 rings (SSSR count). The summed E-state index contributed by atoms with van der Waals surface area (Å²) in [6.45, 7) is 0. The van der Waals surface area contributed by atoms with Crippen LogP contribution in [0.3, 0.4) is 0 Å². The number of hydrogen-bond donors (Lipinski definition) is 1. The van der Waals surface area contributed by atoms with Gasteiger partial charge < -0.3 is 19.5 Å². The fourth-order valence-corrected chi connectivity index (χ4v) is 3.86. The molecule has 10 heteroatoms. The molecule has 5 aromatic rings. The summed E-state index contributed by atoms with van der Waals surface area (Å²) in [6.07, 6.45) is 4.35. The molecule has 1 amide bonds. The van der Waals surface area contributed by atoms with Crippen molar-refractivity contribution in [1.29, 1.82) is 0 Å². The topological polar surface area (TPSA) is 105 Å². The highest BCUT2D eigenvalue weighted by Gasteiger charge is 2.18. The van der Waals surface area contributed by atoms with Gasteiger partial charge in [-0.25, -0.2) is 9.37 Å². The van der Waals surface area contributed by atoms with Crippen LogP contribution in [0.15, 0.2) is 90.1 Å². The van der Waals surface area contributed by atoms with E-state index in [1.165, 1.54) is 43.3 Å². The summed E-state index contributed by atoms with van der Waals surface area (Å²) in [7, 11) is 3.05. The first kappa shape index (κ1) is 24.4. The maximum Gasteiger partial charge on any atom is 0.286 e. The quantitative estimate of drug-likeness (QED) is 0.328. The predicted molar refractivity (Wildman–Crippen MR) is 139 cm³/mol. The first-order chi connectivity index (χ1) is 18.5. The summed E-state index contributed by atoms with van der Waals surface area (Å²) in [6, 6.07) is 17.8. The molecule has 9 nitrogen and oxygen atoms in total. The predicted octanol–water partition coefficient (Wildman–Crippen LogP) is 4.98. The normalized spacial score (nSPS) is 10.7. The number of benzene rings is 3. The van der Waals surface area contributed by atoms with Gasteiger partial charge in [-0.3, -0.25) is 19.1 Å². The fraction of sp³-hybridized carbons (Fsp3) is 0.0714. The lowest BCUT2D eigenvalue weighted by molar-refractivity contribution is 0.102. The Morgan fingerprint density at radius 3 is 2.39 bits per heavy atom. The van der Waals surface area contributed by atoms with Gasteiger partial charge in [0.25, 0.3) is 11.5 Å². The van der Waals surface area contributed by atoms with Gasteiger partial charge in [0.2, 0.25) is 0 Å². The largest absolute Gasteiger partial charge is 0.493 e. The van der Waals surface area contributed by atoms with Gasteiger partial charge in [-0.05, 0) is 36.4 Å². The second kappa shape index (κ2) is 10.4. The SMILES string of the molecule is COc1cc2nccc(Oc3ccc(NC(=O)c4nccn(-c5ccccc5)c4=O)c(F)c3)c2cc1OC. The number of amides is 1. The standard InChI is InChI=1S/C28H21FN4O5/c1-36-24-15-19-22(16-25(24)37-2)30-11-10-23(19)38-18-8-9-21(20(29)14-18)32-27(34)26-28(35)33(13-12-31-26)17-6-4-3-5-7-17/h3-16H,1-2H3,(H,32,34). The number of nitrogens with one attached hydrogen (secondary N) is 1. The number of carbonyl (C=O) groups is 1. The van der Waals surface area contributed by atoms with Gasteiger partial charge in [-0.2, -0.15) is 0 Å². The zero-order valence-corrected chi connectivity index (χ0v) is 20.3. The van der Waals surface area contributed by atoms with Crippen LogP contribution in [0.1, 0.15) is 10.5 Å². The molecule has 2 heterocycles. The minimum absolute atomic E-state index is 0.135. The summed E-state index contributed by atoms with van der Waals surface area (Å²) in [5, 5.41) is 3.04. The Morgan fingerprint density at radius 2 is 1.66 bits per heavy atom. The van der Waals surface area contributed by atoms with Gasteiger partial charge in [0, 0.05) is 41.8 Å². The van der Waals surface area contributed by atoms with Gasteiger partial charge in [0.1, 0.15) is 17.3 Å². The zero-order chi connectivity index (χ0) is 26.6. The number of nitrogens with zero attached hydrogens (tertiary/aromatic N) is 3. The molecule has 0 aliphatic carbocycles. The highest BCUT2D eigenvalue weighted by Crippen LogP contribution is 2.37. The van der Waals surface area contributed by atoms with Gasteiger partial charge in [-0.1, -0.05) is 18.2 Å². The van der Waals surface area contributed by atoms with Crippen molar-refractivity contribution < 1.29 is 23.4 Å². The number of methoxy groups -OCH3 is 2. The highest BCUT2D eigenvalue weighted by atomic mass is 19.1. The average Bonchev–Trinajstić information content (AvgIpc) is 2.94. The monoisotopic (exact) mass is 512 g/mol. The molecule has 0 atom stereocenters. The third-order valence-corrected chi connectivity index (χ3v) is 5.71.